The number of benzene rings is 5. The highest BCUT2D eigenvalue weighted by molar-refractivity contribution is 6.30. The summed E-state index contributed by atoms with van der Waals surface area (Å²) in [7, 11) is 0. The summed E-state index contributed by atoms with van der Waals surface area (Å²) < 4.78 is 0. The highest BCUT2D eigenvalue weighted by atomic mass is 35.5. The predicted octanol–water partition coefficient (Wildman–Crippen LogP) is 9.13. The van der Waals surface area contributed by atoms with Crippen LogP contribution in [0.2, 0.25) is 5.02 Å². The Morgan fingerprint density at radius 3 is 1.69 bits per heavy atom. The van der Waals surface area contributed by atoms with Crippen molar-refractivity contribution in [2.24, 2.45) is 0 Å². The van der Waals surface area contributed by atoms with Crippen molar-refractivity contribution in [2.45, 2.75) is 0 Å². The highest BCUT2D eigenvalue weighted by Crippen LogP contribution is 2.39. The van der Waals surface area contributed by atoms with Gasteiger partial charge in [-0.3, -0.25) is 0 Å². The van der Waals surface area contributed by atoms with Crippen LogP contribution in [-0.4, -0.2) is 0 Å². The van der Waals surface area contributed by atoms with Crippen LogP contribution in [0.1, 0.15) is 11.1 Å². The van der Waals surface area contributed by atoms with E-state index in [0.29, 0.717) is 0 Å². The first-order chi connectivity index (χ1) is 15.8. The number of rotatable bonds is 5. The quantitative estimate of drug-likeness (QED) is 0.251. The first kappa shape index (κ1) is 20.1. The summed E-state index contributed by atoms with van der Waals surface area (Å²) in [5.41, 5.74) is 5.72. The van der Waals surface area contributed by atoms with Crippen LogP contribution in [0.5, 0.6) is 0 Å². The van der Waals surface area contributed by atoms with Crippen molar-refractivity contribution in [1.82, 2.24) is 0 Å². The van der Waals surface area contributed by atoms with Crippen LogP contribution >= 0.6 is 11.6 Å². The molecule has 0 atom stereocenters. The van der Waals surface area contributed by atoms with E-state index in [1.807, 2.05) is 24.3 Å². The minimum atomic E-state index is 0.749. The third-order valence-electron chi connectivity index (χ3n) is 5.53. The van der Waals surface area contributed by atoms with Crippen molar-refractivity contribution >= 4 is 51.6 Å². The van der Waals surface area contributed by atoms with E-state index in [4.69, 9.17) is 11.6 Å². The van der Waals surface area contributed by atoms with Crippen molar-refractivity contribution in [3.8, 4) is 0 Å². The van der Waals surface area contributed by atoms with Crippen LogP contribution in [0.4, 0.5) is 17.1 Å². The van der Waals surface area contributed by atoms with Gasteiger partial charge in [0.2, 0.25) is 0 Å². The Morgan fingerprint density at radius 1 is 0.500 bits per heavy atom. The molecular weight excluding hydrogens is 410 g/mol. The molecule has 0 N–H and O–H groups in total. The van der Waals surface area contributed by atoms with Gasteiger partial charge in [-0.05, 0) is 59.0 Å². The predicted molar refractivity (Wildman–Crippen MR) is 139 cm³/mol. The van der Waals surface area contributed by atoms with E-state index < -0.39 is 0 Å². The van der Waals surface area contributed by atoms with Crippen LogP contribution < -0.4 is 4.90 Å². The average molecular weight is 432 g/mol. The fraction of sp³-hybridized carbons (Fsp3) is 0. The SMILES string of the molecule is Clc1ccc(C=Cc2ccc(N(c3ccccc3)c3ccccc3)c3ccccc23)cc1. The maximum atomic E-state index is 6.03. The minimum absolute atomic E-state index is 0.749. The summed E-state index contributed by atoms with van der Waals surface area (Å²) in [4.78, 5) is 2.31. The molecule has 0 aliphatic heterocycles. The fourth-order valence-corrected chi connectivity index (χ4v) is 4.11. The number of halogens is 1. The Morgan fingerprint density at radius 2 is 1.06 bits per heavy atom. The third kappa shape index (κ3) is 4.16. The van der Waals surface area contributed by atoms with Gasteiger partial charge in [0.1, 0.15) is 0 Å². The second-order valence-corrected chi connectivity index (χ2v) is 8.05. The molecule has 2 heteroatoms. The molecular formula is C30H22ClN. The van der Waals surface area contributed by atoms with Gasteiger partial charge in [0.15, 0.2) is 0 Å². The maximum Gasteiger partial charge on any atom is 0.0540 e. The highest BCUT2D eigenvalue weighted by Gasteiger charge is 2.15. The summed E-state index contributed by atoms with van der Waals surface area (Å²) in [6, 6.07) is 41.9. The molecule has 1 nitrogen and oxygen atoms in total. The summed E-state index contributed by atoms with van der Waals surface area (Å²) in [6.45, 7) is 0. The molecule has 0 spiro atoms. The van der Waals surface area contributed by atoms with Gasteiger partial charge < -0.3 is 4.90 Å². The Balaban J connectivity index is 1.64. The molecule has 5 rings (SSSR count). The number of fused-ring (bicyclic) bond motifs is 1. The fourth-order valence-electron chi connectivity index (χ4n) is 3.99. The maximum absolute atomic E-state index is 6.03. The van der Waals surface area contributed by atoms with Gasteiger partial charge in [0, 0.05) is 21.8 Å². The van der Waals surface area contributed by atoms with E-state index in [9.17, 15) is 0 Å². The largest absolute Gasteiger partial charge is 0.310 e. The number of hydrogen-bond acceptors (Lipinski definition) is 1. The first-order valence-corrected chi connectivity index (χ1v) is 11.0. The monoisotopic (exact) mass is 431 g/mol. The van der Waals surface area contributed by atoms with Gasteiger partial charge in [-0.2, -0.15) is 0 Å². The van der Waals surface area contributed by atoms with Gasteiger partial charge in [0.05, 0.1) is 5.69 Å². The number of para-hydroxylation sites is 2. The molecule has 0 fully saturated rings. The summed E-state index contributed by atoms with van der Waals surface area (Å²) in [5.74, 6) is 0. The molecule has 154 valence electrons. The van der Waals surface area contributed by atoms with Crippen LogP contribution in [-0.2, 0) is 0 Å². The second-order valence-electron chi connectivity index (χ2n) is 7.61. The van der Waals surface area contributed by atoms with Gasteiger partial charge in [0.25, 0.3) is 0 Å². The smallest absolute Gasteiger partial charge is 0.0540 e. The van der Waals surface area contributed by atoms with E-state index in [0.717, 1.165) is 27.6 Å². The van der Waals surface area contributed by atoms with Gasteiger partial charge in [-0.1, -0.05) is 103 Å². The lowest BCUT2D eigenvalue weighted by Gasteiger charge is -2.27. The van der Waals surface area contributed by atoms with Crippen LogP contribution in [0.15, 0.2) is 121 Å². The lowest BCUT2D eigenvalue weighted by atomic mass is 10.0. The molecule has 0 radical (unpaired) electrons. The zero-order chi connectivity index (χ0) is 21.8. The average Bonchev–Trinajstić information content (AvgIpc) is 2.86. The molecule has 5 aromatic rings. The lowest BCUT2D eigenvalue weighted by molar-refractivity contribution is 1.30. The summed E-state index contributed by atoms with van der Waals surface area (Å²) >= 11 is 6.03. The standard InChI is InChI=1S/C30H22ClN/c31-25-20-16-23(17-21-25)15-18-24-19-22-30(29-14-8-7-13-28(24)29)32(26-9-3-1-4-10-26)27-11-5-2-6-12-27/h1-22H. The Labute approximate surface area is 193 Å². The van der Waals surface area contributed by atoms with E-state index in [1.165, 1.54) is 16.3 Å². The molecule has 0 saturated carbocycles. The summed E-state index contributed by atoms with van der Waals surface area (Å²) in [6.07, 6.45) is 4.30. The number of nitrogens with zero attached hydrogens (tertiary/aromatic N) is 1. The molecule has 0 saturated heterocycles. The molecule has 0 aliphatic carbocycles. The van der Waals surface area contributed by atoms with Gasteiger partial charge in [-0.15, -0.1) is 0 Å². The van der Waals surface area contributed by atoms with Crippen LogP contribution in [0.3, 0.4) is 0 Å². The molecule has 0 aromatic heterocycles. The second kappa shape index (κ2) is 9.13. The molecule has 0 amide bonds. The van der Waals surface area contributed by atoms with E-state index in [2.05, 4.69) is 114 Å². The molecule has 0 aliphatic rings. The van der Waals surface area contributed by atoms with Crippen molar-refractivity contribution < 1.29 is 0 Å². The van der Waals surface area contributed by atoms with Crippen molar-refractivity contribution in [2.75, 3.05) is 4.90 Å². The molecule has 0 unspecified atom stereocenters. The van der Waals surface area contributed by atoms with E-state index >= 15 is 0 Å². The molecule has 0 heterocycles. The Bertz CT molecular complexity index is 1320. The normalized spacial score (nSPS) is 11.2. The topological polar surface area (TPSA) is 3.24 Å². The molecule has 5 aromatic carbocycles. The van der Waals surface area contributed by atoms with Crippen molar-refractivity contribution in [3.05, 3.63) is 137 Å². The number of hydrogen-bond donors (Lipinski definition) is 0. The van der Waals surface area contributed by atoms with Crippen LogP contribution in [0.25, 0.3) is 22.9 Å². The van der Waals surface area contributed by atoms with Crippen molar-refractivity contribution in [3.63, 3.8) is 0 Å². The van der Waals surface area contributed by atoms with E-state index in [1.54, 1.807) is 0 Å². The minimum Gasteiger partial charge on any atom is -0.310 e. The molecule has 0 bridgehead atoms. The number of anilines is 3. The first-order valence-electron chi connectivity index (χ1n) is 10.7. The zero-order valence-electron chi connectivity index (χ0n) is 17.5. The Hall–Kier alpha value is -3.81. The zero-order valence-corrected chi connectivity index (χ0v) is 18.3. The van der Waals surface area contributed by atoms with E-state index in [-0.39, 0.29) is 0 Å². The van der Waals surface area contributed by atoms with Gasteiger partial charge >= 0.3 is 0 Å². The van der Waals surface area contributed by atoms with Crippen LogP contribution in [0, 0.1) is 0 Å². The van der Waals surface area contributed by atoms with Gasteiger partial charge in [-0.25, -0.2) is 0 Å². The summed E-state index contributed by atoms with van der Waals surface area (Å²) in [5, 5.41) is 3.17. The Kier molecular flexibility index (Phi) is 5.74. The lowest BCUT2D eigenvalue weighted by Crippen LogP contribution is -2.10. The molecule has 32 heavy (non-hydrogen) atoms. The third-order valence-corrected chi connectivity index (χ3v) is 5.78. The van der Waals surface area contributed by atoms with Crippen molar-refractivity contribution in [1.29, 1.82) is 0 Å².